The van der Waals surface area contributed by atoms with Crippen LogP contribution in [0.15, 0.2) is 48.5 Å². The molecular formula is C16H16N2O5. The first kappa shape index (κ1) is 16.4. The van der Waals surface area contributed by atoms with Gasteiger partial charge in [0.25, 0.3) is 5.69 Å². The number of aromatic hydroxyl groups is 1. The fourth-order valence-corrected chi connectivity index (χ4v) is 2.04. The molecule has 0 aliphatic rings. The van der Waals surface area contributed by atoms with Crippen LogP contribution in [0.3, 0.4) is 0 Å². The van der Waals surface area contributed by atoms with Gasteiger partial charge in [-0.3, -0.25) is 14.9 Å². The highest BCUT2D eigenvalue weighted by molar-refractivity contribution is 5.76. The van der Waals surface area contributed by atoms with Gasteiger partial charge in [-0.1, -0.05) is 24.3 Å². The highest BCUT2D eigenvalue weighted by Crippen LogP contribution is 2.18. The molecule has 2 aromatic rings. The average Bonchev–Trinajstić information content (AvgIpc) is 2.54. The van der Waals surface area contributed by atoms with Gasteiger partial charge in [-0.25, -0.2) is 0 Å². The fourth-order valence-electron chi connectivity index (χ4n) is 2.04. The lowest BCUT2D eigenvalue weighted by Crippen LogP contribution is -2.34. The zero-order valence-electron chi connectivity index (χ0n) is 12.2. The normalized spacial score (nSPS) is 11.7. The molecule has 0 aliphatic heterocycles. The van der Waals surface area contributed by atoms with Gasteiger partial charge in [-0.2, -0.15) is 0 Å². The number of para-hydroxylation sites is 1. The van der Waals surface area contributed by atoms with Crippen molar-refractivity contribution in [3.63, 3.8) is 0 Å². The van der Waals surface area contributed by atoms with Crippen LogP contribution in [0.2, 0.25) is 0 Å². The molecule has 0 spiro atoms. The van der Waals surface area contributed by atoms with Crippen molar-refractivity contribution in [3.8, 4) is 5.75 Å². The molecule has 0 fully saturated rings. The van der Waals surface area contributed by atoms with Gasteiger partial charge >= 0.3 is 5.97 Å². The maximum Gasteiger partial charge on any atom is 0.323 e. The Balaban J connectivity index is 1.94. The third kappa shape index (κ3) is 4.52. The quantitative estimate of drug-likeness (QED) is 0.478. The topological polar surface area (TPSA) is 116 Å². The Hall–Kier alpha value is -2.93. The van der Waals surface area contributed by atoms with Gasteiger partial charge in [-0.05, 0) is 30.2 Å². The lowest BCUT2D eigenvalue weighted by Gasteiger charge is -2.12. The second-order valence-corrected chi connectivity index (χ2v) is 4.97. The number of esters is 1. The molecule has 0 heterocycles. The largest absolute Gasteiger partial charge is 0.508 e. The van der Waals surface area contributed by atoms with Crippen LogP contribution in [0.5, 0.6) is 5.75 Å². The van der Waals surface area contributed by atoms with E-state index in [9.17, 15) is 20.0 Å². The first-order chi connectivity index (χ1) is 11.0. The zero-order valence-corrected chi connectivity index (χ0v) is 12.2. The SMILES string of the molecule is N[C@@H](Cc1ccc(O)cc1)C(=O)OCc1ccccc1[N+](=O)[O-]. The number of rotatable bonds is 6. The van der Waals surface area contributed by atoms with Crippen molar-refractivity contribution < 1.29 is 19.6 Å². The average molecular weight is 316 g/mol. The van der Waals surface area contributed by atoms with E-state index < -0.39 is 16.9 Å². The molecule has 0 bridgehead atoms. The number of carbonyl (C=O) groups is 1. The maximum absolute atomic E-state index is 11.9. The second-order valence-electron chi connectivity index (χ2n) is 4.97. The summed E-state index contributed by atoms with van der Waals surface area (Å²) in [4.78, 5) is 22.3. The second kappa shape index (κ2) is 7.37. The predicted octanol–water partition coefficient (Wildman–Crippen LogP) is 1.91. The number of nitro groups is 1. The van der Waals surface area contributed by atoms with Crippen molar-refractivity contribution in [2.24, 2.45) is 5.73 Å². The molecule has 0 aliphatic carbocycles. The van der Waals surface area contributed by atoms with Crippen LogP contribution in [0.4, 0.5) is 5.69 Å². The smallest absolute Gasteiger partial charge is 0.323 e. The molecule has 23 heavy (non-hydrogen) atoms. The highest BCUT2D eigenvalue weighted by atomic mass is 16.6. The van der Waals surface area contributed by atoms with Crippen molar-refractivity contribution in [2.45, 2.75) is 19.1 Å². The number of nitro benzene ring substituents is 1. The molecule has 7 heteroatoms. The zero-order chi connectivity index (χ0) is 16.8. The van der Waals surface area contributed by atoms with Crippen molar-refractivity contribution in [3.05, 3.63) is 69.8 Å². The molecule has 0 saturated carbocycles. The van der Waals surface area contributed by atoms with Crippen molar-refractivity contribution in [1.29, 1.82) is 0 Å². The molecule has 2 rings (SSSR count). The van der Waals surface area contributed by atoms with E-state index in [2.05, 4.69) is 0 Å². The van der Waals surface area contributed by atoms with E-state index in [0.29, 0.717) is 5.56 Å². The van der Waals surface area contributed by atoms with Crippen LogP contribution in [-0.2, 0) is 22.6 Å². The Morgan fingerprint density at radius 2 is 1.87 bits per heavy atom. The van der Waals surface area contributed by atoms with Crippen LogP contribution in [0, 0.1) is 10.1 Å². The van der Waals surface area contributed by atoms with Gasteiger partial charge in [0, 0.05) is 6.07 Å². The van der Waals surface area contributed by atoms with Gasteiger partial charge in [0.05, 0.1) is 10.5 Å². The Bertz CT molecular complexity index is 700. The van der Waals surface area contributed by atoms with Crippen molar-refractivity contribution in [1.82, 2.24) is 0 Å². The lowest BCUT2D eigenvalue weighted by atomic mass is 10.1. The molecule has 0 amide bonds. The van der Waals surface area contributed by atoms with Gasteiger partial charge in [-0.15, -0.1) is 0 Å². The van der Waals surface area contributed by atoms with Gasteiger partial charge in [0.15, 0.2) is 0 Å². The van der Waals surface area contributed by atoms with E-state index in [-0.39, 0.29) is 24.5 Å². The van der Waals surface area contributed by atoms with Gasteiger partial charge in [0.2, 0.25) is 0 Å². The third-order valence-corrected chi connectivity index (χ3v) is 3.25. The monoisotopic (exact) mass is 316 g/mol. The predicted molar refractivity (Wildman–Crippen MR) is 82.7 cm³/mol. The highest BCUT2D eigenvalue weighted by Gasteiger charge is 2.18. The Labute approximate surface area is 132 Å². The summed E-state index contributed by atoms with van der Waals surface area (Å²) in [6, 6.07) is 11.5. The first-order valence-corrected chi connectivity index (χ1v) is 6.90. The number of hydrogen-bond donors (Lipinski definition) is 2. The number of benzene rings is 2. The molecule has 1 atom stereocenters. The lowest BCUT2D eigenvalue weighted by molar-refractivity contribution is -0.385. The summed E-state index contributed by atoms with van der Waals surface area (Å²) >= 11 is 0. The molecule has 0 aromatic heterocycles. The third-order valence-electron chi connectivity index (χ3n) is 3.25. The van der Waals surface area contributed by atoms with Crippen molar-refractivity contribution >= 4 is 11.7 Å². The standard InChI is InChI=1S/C16H16N2O5/c17-14(9-11-5-7-13(19)8-6-11)16(20)23-10-12-3-1-2-4-15(12)18(21)22/h1-8,14,19H,9-10,17H2/t14-/m0/s1. The minimum atomic E-state index is -0.887. The van der Waals surface area contributed by atoms with E-state index in [0.717, 1.165) is 5.56 Å². The fraction of sp³-hybridized carbons (Fsp3) is 0.188. The summed E-state index contributed by atoms with van der Waals surface area (Å²) in [6.07, 6.45) is 0.246. The Morgan fingerprint density at radius 3 is 2.52 bits per heavy atom. The van der Waals surface area contributed by atoms with Crippen LogP contribution >= 0.6 is 0 Å². The minimum Gasteiger partial charge on any atom is -0.508 e. The number of nitrogens with zero attached hydrogens (tertiary/aromatic N) is 1. The Morgan fingerprint density at radius 1 is 1.22 bits per heavy atom. The van der Waals surface area contributed by atoms with Crippen LogP contribution in [0.1, 0.15) is 11.1 Å². The molecule has 0 unspecified atom stereocenters. The summed E-state index contributed by atoms with van der Waals surface area (Å²) in [6.45, 7) is -0.209. The molecule has 120 valence electrons. The van der Waals surface area contributed by atoms with E-state index in [1.165, 1.54) is 24.3 Å². The van der Waals surface area contributed by atoms with Crippen molar-refractivity contribution in [2.75, 3.05) is 0 Å². The van der Waals surface area contributed by atoms with E-state index >= 15 is 0 Å². The molecular weight excluding hydrogens is 300 g/mol. The summed E-state index contributed by atoms with van der Waals surface area (Å²) in [7, 11) is 0. The van der Waals surface area contributed by atoms with E-state index in [4.69, 9.17) is 10.5 Å². The number of carbonyl (C=O) groups excluding carboxylic acids is 1. The van der Waals surface area contributed by atoms with Gasteiger partial charge < -0.3 is 15.6 Å². The van der Waals surface area contributed by atoms with Crippen LogP contribution in [-0.4, -0.2) is 22.0 Å². The molecule has 0 radical (unpaired) electrons. The molecule has 7 nitrogen and oxygen atoms in total. The van der Waals surface area contributed by atoms with E-state index in [1.54, 1.807) is 24.3 Å². The number of hydrogen-bond acceptors (Lipinski definition) is 6. The van der Waals surface area contributed by atoms with Gasteiger partial charge in [0.1, 0.15) is 18.4 Å². The molecule has 2 aromatic carbocycles. The van der Waals surface area contributed by atoms with Crippen LogP contribution in [0.25, 0.3) is 0 Å². The molecule has 0 saturated heterocycles. The summed E-state index contributed by atoms with van der Waals surface area (Å²) < 4.78 is 5.06. The Kier molecular flexibility index (Phi) is 5.27. The minimum absolute atomic E-state index is 0.104. The molecule has 3 N–H and O–H groups in total. The maximum atomic E-state index is 11.9. The number of phenolic OH excluding ortho intramolecular Hbond substituents is 1. The van der Waals surface area contributed by atoms with E-state index in [1.807, 2.05) is 0 Å². The summed E-state index contributed by atoms with van der Waals surface area (Å²) in [5.41, 5.74) is 6.76. The number of ether oxygens (including phenoxy) is 1. The van der Waals surface area contributed by atoms with Crippen LogP contribution < -0.4 is 5.73 Å². The number of nitrogens with two attached hydrogens (primary N) is 1. The summed E-state index contributed by atoms with van der Waals surface area (Å²) in [5.74, 6) is -0.516. The number of phenols is 1. The first-order valence-electron chi connectivity index (χ1n) is 6.90. The summed E-state index contributed by atoms with van der Waals surface area (Å²) in [5, 5.41) is 20.1.